The van der Waals surface area contributed by atoms with Gasteiger partial charge in [-0.2, -0.15) is 0 Å². The number of esters is 1. The zero-order valence-corrected chi connectivity index (χ0v) is 12.1. The molecule has 0 fully saturated rings. The van der Waals surface area contributed by atoms with Crippen molar-refractivity contribution in [1.29, 1.82) is 0 Å². The molecule has 112 valence electrons. The number of rotatable bonds is 4. The average Bonchev–Trinajstić information content (AvgIpc) is 3.08. The van der Waals surface area contributed by atoms with Crippen molar-refractivity contribution >= 4 is 11.7 Å². The molecule has 7 nitrogen and oxygen atoms in total. The number of ether oxygens (including phenoxy) is 1. The maximum Gasteiger partial charge on any atom is 0.355 e. The lowest BCUT2D eigenvalue weighted by molar-refractivity contribution is 0.0444. The number of nitrogens with two attached hydrogens (primary N) is 1. The molecule has 3 rings (SSSR count). The molecule has 3 heterocycles. The van der Waals surface area contributed by atoms with Crippen LogP contribution < -0.4 is 5.73 Å². The number of carbonyl (C=O) groups excluding carboxylic acids is 1. The van der Waals surface area contributed by atoms with Crippen molar-refractivity contribution < 1.29 is 9.53 Å². The molecule has 0 amide bonds. The summed E-state index contributed by atoms with van der Waals surface area (Å²) in [5.41, 5.74) is 6.74. The average molecular weight is 289 g/mol. The van der Waals surface area contributed by atoms with Gasteiger partial charge >= 0.3 is 5.97 Å². The van der Waals surface area contributed by atoms with E-state index in [1.54, 1.807) is 16.8 Å². The van der Waals surface area contributed by atoms with E-state index in [1.807, 2.05) is 11.5 Å². The van der Waals surface area contributed by atoms with Crippen LogP contribution in [0.15, 0.2) is 12.3 Å². The van der Waals surface area contributed by atoms with Crippen LogP contribution in [-0.2, 0) is 30.9 Å². The summed E-state index contributed by atoms with van der Waals surface area (Å²) in [6, 6.07) is 1.63. The minimum atomic E-state index is -0.387. The fourth-order valence-electron chi connectivity index (χ4n) is 2.64. The number of nitrogens with zero attached hydrogens (tertiary/aromatic N) is 4. The molecular weight excluding hydrogens is 270 g/mol. The fourth-order valence-corrected chi connectivity index (χ4v) is 2.64. The van der Waals surface area contributed by atoms with Gasteiger partial charge in [-0.1, -0.05) is 0 Å². The molecule has 0 aromatic carbocycles. The van der Waals surface area contributed by atoms with E-state index in [2.05, 4.69) is 10.2 Å². The van der Waals surface area contributed by atoms with Crippen LogP contribution in [0.5, 0.6) is 0 Å². The van der Waals surface area contributed by atoms with E-state index in [0.29, 0.717) is 23.8 Å². The van der Waals surface area contributed by atoms with Crippen molar-refractivity contribution in [2.24, 2.45) is 0 Å². The third kappa shape index (κ3) is 2.63. The number of hydrogen-bond acceptors (Lipinski definition) is 5. The van der Waals surface area contributed by atoms with E-state index in [0.717, 1.165) is 31.6 Å². The standard InChI is InChI=1S/C14H19N5O2/c1-2-18-8-10(15)7-11(18)14(20)21-9-13-17-16-12-5-3-4-6-19(12)13/h7-8H,2-6,9,15H2,1H3. The Morgan fingerprint density at radius 3 is 3.10 bits per heavy atom. The third-order valence-electron chi connectivity index (χ3n) is 3.74. The van der Waals surface area contributed by atoms with Crippen LogP contribution in [0.4, 0.5) is 5.69 Å². The van der Waals surface area contributed by atoms with Gasteiger partial charge in [0.2, 0.25) is 0 Å². The fraction of sp³-hybridized carbons (Fsp3) is 0.500. The van der Waals surface area contributed by atoms with Gasteiger partial charge < -0.3 is 19.6 Å². The monoisotopic (exact) mass is 289 g/mol. The van der Waals surface area contributed by atoms with E-state index in [-0.39, 0.29) is 12.6 Å². The zero-order chi connectivity index (χ0) is 14.8. The summed E-state index contributed by atoms with van der Waals surface area (Å²) in [5, 5.41) is 8.26. The third-order valence-corrected chi connectivity index (χ3v) is 3.74. The molecular formula is C14H19N5O2. The Balaban J connectivity index is 1.70. The van der Waals surface area contributed by atoms with Crippen molar-refractivity contribution in [2.75, 3.05) is 5.73 Å². The van der Waals surface area contributed by atoms with Gasteiger partial charge in [0.05, 0.1) is 5.69 Å². The highest BCUT2D eigenvalue weighted by Gasteiger charge is 2.18. The Morgan fingerprint density at radius 1 is 1.43 bits per heavy atom. The van der Waals surface area contributed by atoms with Crippen LogP contribution in [-0.4, -0.2) is 25.3 Å². The largest absolute Gasteiger partial charge is 0.453 e. The van der Waals surface area contributed by atoms with Crippen molar-refractivity contribution in [2.45, 2.75) is 45.9 Å². The van der Waals surface area contributed by atoms with Gasteiger partial charge in [-0.3, -0.25) is 0 Å². The number of carbonyl (C=O) groups is 1. The van der Waals surface area contributed by atoms with Crippen LogP contribution >= 0.6 is 0 Å². The highest BCUT2D eigenvalue weighted by molar-refractivity contribution is 5.89. The second kappa shape index (κ2) is 5.59. The van der Waals surface area contributed by atoms with E-state index in [1.165, 1.54) is 0 Å². The second-order valence-corrected chi connectivity index (χ2v) is 5.16. The van der Waals surface area contributed by atoms with Crippen LogP contribution in [0.2, 0.25) is 0 Å². The Bertz CT molecular complexity index is 658. The minimum Gasteiger partial charge on any atom is -0.453 e. The maximum atomic E-state index is 12.1. The van der Waals surface area contributed by atoms with Gasteiger partial charge in [0.15, 0.2) is 12.4 Å². The molecule has 0 saturated heterocycles. The van der Waals surface area contributed by atoms with Crippen LogP contribution in [0.25, 0.3) is 0 Å². The molecule has 0 unspecified atom stereocenters. The number of aromatic nitrogens is 4. The first kappa shape index (κ1) is 13.7. The number of anilines is 1. The highest BCUT2D eigenvalue weighted by Crippen LogP contribution is 2.16. The van der Waals surface area contributed by atoms with Crippen molar-refractivity contribution in [3.63, 3.8) is 0 Å². The normalized spacial score (nSPS) is 14.0. The van der Waals surface area contributed by atoms with Crippen LogP contribution in [0.1, 0.15) is 41.9 Å². The second-order valence-electron chi connectivity index (χ2n) is 5.16. The lowest BCUT2D eigenvalue weighted by Gasteiger charge is -2.14. The van der Waals surface area contributed by atoms with Gasteiger partial charge in [-0.05, 0) is 25.8 Å². The minimum absolute atomic E-state index is 0.140. The first-order valence-electron chi connectivity index (χ1n) is 7.22. The summed E-state index contributed by atoms with van der Waals surface area (Å²) in [6.45, 7) is 3.65. The first-order valence-corrected chi connectivity index (χ1v) is 7.22. The van der Waals surface area contributed by atoms with Gasteiger partial charge in [0, 0.05) is 25.7 Å². The molecule has 7 heteroatoms. The summed E-state index contributed by atoms with van der Waals surface area (Å²) in [5.74, 6) is 1.30. The molecule has 21 heavy (non-hydrogen) atoms. The maximum absolute atomic E-state index is 12.1. The van der Waals surface area contributed by atoms with E-state index in [4.69, 9.17) is 10.5 Å². The van der Waals surface area contributed by atoms with Crippen molar-refractivity contribution in [3.05, 3.63) is 29.6 Å². The summed E-state index contributed by atoms with van der Waals surface area (Å²) >= 11 is 0. The van der Waals surface area contributed by atoms with E-state index >= 15 is 0 Å². The molecule has 0 saturated carbocycles. The highest BCUT2D eigenvalue weighted by atomic mass is 16.5. The molecule has 0 spiro atoms. The van der Waals surface area contributed by atoms with Gasteiger partial charge in [-0.15, -0.1) is 10.2 Å². The molecule has 1 aliphatic heterocycles. The first-order chi connectivity index (χ1) is 10.2. The number of fused-ring (bicyclic) bond motifs is 1. The molecule has 2 N–H and O–H groups in total. The smallest absolute Gasteiger partial charge is 0.355 e. The predicted octanol–water partition coefficient (Wildman–Crippen LogP) is 1.37. The predicted molar refractivity (Wildman–Crippen MR) is 76.6 cm³/mol. The Labute approximate surface area is 122 Å². The lowest BCUT2D eigenvalue weighted by atomic mass is 10.2. The number of aryl methyl sites for hydroxylation is 2. The van der Waals surface area contributed by atoms with Crippen LogP contribution in [0.3, 0.4) is 0 Å². The molecule has 2 aromatic rings. The molecule has 2 aromatic heterocycles. The van der Waals surface area contributed by atoms with Crippen molar-refractivity contribution in [3.8, 4) is 0 Å². The summed E-state index contributed by atoms with van der Waals surface area (Å²) in [7, 11) is 0. The Morgan fingerprint density at radius 2 is 2.29 bits per heavy atom. The molecule has 0 aliphatic carbocycles. The number of hydrogen-bond donors (Lipinski definition) is 1. The lowest BCUT2D eigenvalue weighted by Crippen LogP contribution is -2.16. The van der Waals surface area contributed by atoms with E-state index < -0.39 is 0 Å². The molecule has 1 aliphatic rings. The molecule has 0 bridgehead atoms. The van der Waals surface area contributed by atoms with Gasteiger partial charge in [0.1, 0.15) is 11.5 Å². The summed E-state index contributed by atoms with van der Waals surface area (Å²) in [6.07, 6.45) is 4.92. The van der Waals surface area contributed by atoms with Crippen LogP contribution in [0, 0.1) is 0 Å². The zero-order valence-electron chi connectivity index (χ0n) is 12.1. The van der Waals surface area contributed by atoms with Gasteiger partial charge in [0.25, 0.3) is 0 Å². The summed E-state index contributed by atoms with van der Waals surface area (Å²) < 4.78 is 9.18. The van der Waals surface area contributed by atoms with E-state index in [9.17, 15) is 4.79 Å². The Kier molecular flexibility index (Phi) is 3.64. The topological polar surface area (TPSA) is 88.0 Å². The number of nitrogen functional groups attached to an aromatic ring is 1. The summed E-state index contributed by atoms with van der Waals surface area (Å²) in [4.78, 5) is 12.1. The molecule has 0 radical (unpaired) electrons. The molecule has 0 atom stereocenters. The van der Waals surface area contributed by atoms with Gasteiger partial charge in [-0.25, -0.2) is 4.79 Å². The van der Waals surface area contributed by atoms with Crippen molar-refractivity contribution in [1.82, 2.24) is 19.3 Å². The SMILES string of the molecule is CCn1cc(N)cc1C(=O)OCc1nnc2n1CCCC2. The quantitative estimate of drug-likeness (QED) is 0.859. The Hall–Kier alpha value is -2.31.